The van der Waals surface area contributed by atoms with Gasteiger partial charge in [-0.05, 0) is 55.5 Å². The number of nitrogens with zero attached hydrogens (tertiary/aromatic N) is 1. The SMILES string of the molecule is N#CC(C(=O)Nc1ccccc1)C1=C(CC(=O)NC(=O)Nc2ccccc2)CCCC1. The molecule has 0 radical (unpaired) electrons. The van der Waals surface area contributed by atoms with Crippen LogP contribution in [0.3, 0.4) is 0 Å². The fraction of sp³-hybridized carbons (Fsp3) is 0.250. The second kappa shape index (κ2) is 10.7. The number of imide groups is 1. The van der Waals surface area contributed by atoms with Crippen LogP contribution in [-0.2, 0) is 9.59 Å². The van der Waals surface area contributed by atoms with Crippen LogP contribution in [0.5, 0.6) is 0 Å². The van der Waals surface area contributed by atoms with Gasteiger partial charge in [0.2, 0.25) is 11.8 Å². The number of nitrogens with one attached hydrogen (secondary N) is 3. The molecule has 0 saturated carbocycles. The molecule has 0 bridgehead atoms. The maximum Gasteiger partial charge on any atom is 0.325 e. The molecule has 31 heavy (non-hydrogen) atoms. The van der Waals surface area contributed by atoms with Gasteiger partial charge in [0, 0.05) is 17.8 Å². The monoisotopic (exact) mass is 416 g/mol. The summed E-state index contributed by atoms with van der Waals surface area (Å²) in [5, 5.41) is 17.4. The molecule has 2 aromatic carbocycles. The van der Waals surface area contributed by atoms with E-state index >= 15 is 0 Å². The van der Waals surface area contributed by atoms with E-state index in [2.05, 4.69) is 22.0 Å². The van der Waals surface area contributed by atoms with Crippen LogP contribution in [0.4, 0.5) is 16.2 Å². The Hall–Kier alpha value is -3.92. The Balaban J connectivity index is 1.67. The molecule has 4 amide bonds. The number of para-hydroxylation sites is 2. The van der Waals surface area contributed by atoms with Crippen LogP contribution in [-0.4, -0.2) is 17.8 Å². The van der Waals surface area contributed by atoms with Crippen molar-refractivity contribution in [3.8, 4) is 6.07 Å². The van der Waals surface area contributed by atoms with Gasteiger partial charge in [-0.3, -0.25) is 14.9 Å². The highest BCUT2D eigenvalue weighted by molar-refractivity contribution is 6.02. The van der Waals surface area contributed by atoms with Crippen molar-refractivity contribution in [1.29, 1.82) is 5.26 Å². The molecule has 0 heterocycles. The molecule has 3 N–H and O–H groups in total. The van der Waals surface area contributed by atoms with Crippen molar-refractivity contribution in [1.82, 2.24) is 5.32 Å². The summed E-state index contributed by atoms with van der Waals surface area (Å²) in [6.07, 6.45) is 2.92. The molecular formula is C24H24N4O3. The zero-order valence-corrected chi connectivity index (χ0v) is 17.1. The zero-order chi connectivity index (χ0) is 22.1. The molecule has 1 aliphatic carbocycles. The lowest BCUT2D eigenvalue weighted by Gasteiger charge is -2.23. The highest BCUT2D eigenvalue weighted by atomic mass is 16.2. The summed E-state index contributed by atoms with van der Waals surface area (Å²) in [6, 6.07) is 19.2. The molecule has 0 saturated heterocycles. The predicted octanol–water partition coefficient (Wildman–Crippen LogP) is 4.37. The number of rotatable bonds is 6. The second-order valence-corrected chi connectivity index (χ2v) is 7.30. The minimum Gasteiger partial charge on any atom is -0.325 e. The molecule has 2 aromatic rings. The number of nitriles is 1. The third-order valence-electron chi connectivity index (χ3n) is 5.07. The Labute approximate surface area is 181 Å². The van der Waals surface area contributed by atoms with Gasteiger partial charge in [-0.15, -0.1) is 0 Å². The Bertz CT molecular complexity index is 1010. The van der Waals surface area contributed by atoms with Crippen molar-refractivity contribution in [3.63, 3.8) is 0 Å². The van der Waals surface area contributed by atoms with Gasteiger partial charge in [0.05, 0.1) is 6.07 Å². The van der Waals surface area contributed by atoms with Crippen LogP contribution < -0.4 is 16.0 Å². The highest BCUT2D eigenvalue weighted by Crippen LogP contribution is 2.32. The van der Waals surface area contributed by atoms with E-state index in [-0.39, 0.29) is 6.42 Å². The Morgan fingerprint density at radius 2 is 1.45 bits per heavy atom. The lowest BCUT2D eigenvalue weighted by Crippen LogP contribution is -2.35. The molecule has 158 valence electrons. The van der Waals surface area contributed by atoms with Gasteiger partial charge in [-0.25, -0.2) is 4.79 Å². The standard InChI is InChI=1S/C24H24N4O3/c25-16-21(23(30)26-18-10-3-1-4-11-18)20-14-8-7-9-17(20)15-22(29)28-24(31)27-19-12-5-2-6-13-19/h1-6,10-13,21H,7-9,14-15H2,(H,26,30)(H2,27,28,29,31). The lowest BCUT2D eigenvalue weighted by atomic mass is 9.82. The quantitative estimate of drug-likeness (QED) is 0.607. The van der Waals surface area contributed by atoms with Crippen molar-refractivity contribution in [3.05, 3.63) is 71.8 Å². The van der Waals surface area contributed by atoms with Crippen molar-refractivity contribution in [2.45, 2.75) is 32.1 Å². The van der Waals surface area contributed by atoms with Gasteiger partial charge in [0.15, 0.2) is 0 Å². The maximum absolute atomic E-state index is 12.7. The number of amides is 4. The van der Waals surface area contributed by atoms with Gasteiger partial charge in [0.1, 0.15) is 5.92 Å². The minimum absolute atomic E-state index is 0.0195. The van der Waals surface area contributed by atoms with E-state index in [9.17, 15) is 19.6 Å². The van der Waals surface area contributed by atoms with Crippen LogP contribution in [0.15, 0.2) is 71.8 Å². The van der Waals surface area contributed by atoms with E-state index in [0.717, 1.165) is 18.4 Å². The first-order valence-electron chi connectivity index (χ1n) is 10.2. The number of carbonyl (C=O) groups is 3. The number of benzene rings is 2. The summed E-state index contributed by atoms with van der Waals surface area (Å²) in [5.74, 6) is -1.85. The van der Waals surface area contributed by atoms with Crippen LogP contribution in [0.2, 0.25) is 0 Å². The van der Waals surface area contributed by atoms with Crippen LogP contribution in [0.25, 0.3) is 0 Å². The number of urea groups is 1. The molecule has 0 fully saturated rings. The fourth-order valence-electron chi connectivity index (χ4n) is 3.62. The Morgan fingerprint density at radius 1 is 0.871 bits per heavy atom. The molecule has 1 atom stereocenters. The molecule has 1 aliphatic rings. The average molecular weight is 416 g/mol. The van der Waals surface area contributed by atoms with Crippen LogP contribution in [0, 0.1) is 17.2 Å². The van der Waals surface area contributed by atoms with Crippen molar-refractivity contribution < 1.29 is 14.4 Å². The predicted molar refractivity (Wildman–Crippen MR) is 118 cm³/mol. The number of hydrogen-bond acceptors (Lipinski definition) is 4. The zero-order valence-electron chi connectivity index (χ0n) is 17.1. The van der Waals surface area contributed by atoms with E-state index in [1.807, 2.05) is 12.1 Å². The third kappa shape index (κ3) is 6.28. The first-order chi connectivity index (χ1) is 15.1. The molecule has 7 nitrogen and oxygen atoms in total. The van der Waals surface area contributed by atoms with Gasteiger partial charge >= 0.3 is 6.03 Å². The van der Waals surface area contributed by atoms with E-state index in [4.69, 9.17) is 0 Å². The summed E-state index contributed by atoms with van der Waals surface area (Å²) >= 11 is 0. The maximum atomic E-state index is 12.7. The number of anilines is 2. The summed E-state index contributed by atoms with van der Waals surface area (Å²) in [4.78, 5) is 37.2. The van der Waals surface area contributed by atoms with Crippen molar-refractivity contribution in [2.24, 2.45) is 5.92 Å². The van der Waals surface area contributed by atoms with E-state index in [1.165, 1.54) is 0 Å². The van der Waals surface area contributed by atoms with Gasteiger partial charge in [0.25, 0.3) is 0 Å². The summed E-state index contributed by atoms with van der Waals surface area (Å²) in [5.41, 5.74) is 2.63. The Morgan fingerprint density at radius 3 is 2.06 bits per heavy atom. The van der Waals surface area contributed by atoms with E-state index < -0.39 is 23.8 Å². The molecular weight excluding hydrogens is 392 g/mol. The van der Waals surface area contributed by atoms with E-state index in [1.54, 1.807) is 48.5 Å². The first kappa shape index (κ1) is 21.8. The first-order valence-corrected chi connectivity index (χ1v) is 10.2. The topological polar surface area (TPSA) is 111 Å². The van der Waals surface area contributed by atoms with Crippen LogP contribution >= 0.6 is 0 Å². The van der Waals surface area contributed by atoms with Crippen molar-refractivity contribution in [2.75, 3.05) is 10.6 Å². The normalized spacial score (nSPS) is 14.2. The molecule has 7 heteroatoms. The summed E-state index contributed by atoms with van der Waals surface area (Å²) in [6.45, 7) is 0. The average Bonchev–Trinajstić information content (AvgIpc) is 2.76. The number of hydrogen-bond donors (Lipinski definition) is 3. The summed E-state index contributed by atoms with van der Waals surface area (Å²) in [7, 11) is 0. The van der Waals surface area contributed by atoms with Gasteiger partial charge in [-0.1, -0.05) is 42.0 Å². The van der Waals surface area contributed by atoms with E-state index in [0.29, 0.717) is 29.8 Å². The second-order valence-electron chi connectivity index (χ2n) is 7.30. The largest absolute Gasteiger partial charge is 0.325 e. The van der Waals surface area contributed by atoms with Crippen LogP contribution in [0.1, 0.15) is 32.1 Å². The summed E-state index contributed by atoms with van der Waals surface area (Å²) < 4.78 is 0. The molecule has 1 unspecified atom stereocenters. The smallest absolute Gasteiger partial charge is 0.325 e. The molecule has 0 spiro atoms. The third-order valence-corrected chi connectivity index (χ3v) is 5.07. The molecule has 0 aromatic heterocycles. The Kier molecular flexibility index (Phi) is 7.55. The lowest BCUT2D eigenvalue weighted by molar-refractivity contribution is -0.120. The fourth-order valence-corrected chi connectivity index (χ4v) is 3.62. The highest BCUT2D eigenvalue weighted by Gasteiger charge is 2.28. The van der Waals surface area contributed by atoms with Gasteiger partial charge < -0.3 is 10.6 Å². The van der Waals surface area contributed by atoms with Gasteiger partial charge in [-0.2, -0.15) is 5.26 Å². The number of carbonyl (C=O) groups excluding carboxylic acids is 3. The molecule has 0 aliphatic heterocycles. The molecule has 3 rings (SSSR count). The minimum atomic E-state index is -0.971. The van der Waals surface area contributed by atoms with Crippen molar-refractivity contribution >= 4 is 29.2 Å².